The Kier molecular flexibility index (Phi) is 5.14. The second kappa shape index (κ2) is 7.89. The number of benzene rings is 2. The quantitative estimate of drug-likeness (QED) is 0.328. The van der Waals surface area contributed by atoms with Gasteiger partial charge in [-0.1, -0.05) is 0 Å². The van der Waals surface area contributed by atoms with E-state index in [0.29, 0.717) is 22.8 Å². The van der Waals surface area contributed by atoms with Crippen molar-refractivity contribution in [3.05, 3.63) is 77.2 Å². The number of aromatic nitrogens is 2. The molecular formula is C22H17FN2O3S. The Balaban J connectivity index is 1.71. The number of methoxy groups -OCH3 is 2. The fraction of sp³-hybridized carbons (Fsp3) is 0.0909. The van der Waals surface area contributed by atoms with Crippen molar-refractivity contribution in [2.45, 2.75) is 0 Å². The molecule has 0 aliphatic carbocycles. The third-order valence-electron chi connectivity index (χ3n) is 4.48. The van der Waals surface area contributed by atoms with E-state index in [0.717, 1.165) is 16.2 Å². The number of halogens is 1. The maximum absolute atomic E-state index is 13.3. The second-order valence-electron chi connectivity index (χ2n) is 6.18. The summed E-state index contributed by atoms with van der Waals surface area (Å²) in [5, 5.41) is 1.92. The van der Waals surface area contributed by atoms with Crippen LogP contribution < -0.4 is 9.47 Å². The highest BCUT2D eigenvalue weighted by Crippen LogP contribution is 2.29. The first-order valence-corrected chi connectivity index (χ1v) is 9.64. The Bertz CT molecular complexity index is 1210. The van der Waals surface area contributed by atoms with Gasteiger partial charge in [-0.15, -0.1) is 11.3 Å². The third kappa shape index (κ3) is 3.64. The van der Waals surface area contributed by atoms with Crippen LogP contribution in [0.25, 0.3) is 22.3 Å². The van der Waals surface area contributed by atoms with Crippen LogP contribution in [-0.4, -0.2) is 29.4 Å². The van der Waals surface area contributed by atoms with E-state index in [2.05, 4.69) is 4.98 Å². The van der Waals surface area contributed by atoms with E-state index in [1.807, 2.05) is 16.0 Å². The minimum Gasteiger partial charge on any atom is -0.493 e. The highest BCUT2D eigenvalue weighted by molar-refractivity contribution is 7.15. The van der Waals surface area contributed by atoms with E-state index < -0.39 is 0 Å². The molecule has 2 heterocycles. The molecule has 0 N–H and O–H groups in total. The standard InChI is InChI=1S/C22H17FN2O3S/c1-27-19-10-5-15(13-20(19)28-2)18(26)9-8-17-21(14-3-6-16(23)7-4-14)24-22-25(17)11-12-29-22/h3-13H,1-2H3. The van der Waals surface area contributed by atoms with Gasteiger partial charge in [0, 0.05) is 22.7 Å². The molecule has 0 spiro atoms. The van der Waals surface area contributed by atoms with Crippen LogP contribution in [0, 0.1) is 5.82 Å². The highest BCUT2D eigenvalue weighted by atomic mass is 32.1. The summed E-state index contributed by atoms with van der Waals surface area (Å²) in [6.07, 6.45) is 5.11. The van der Waals surface area contributed by atoms with Crippen molar-refractivity contribution in [2.24, 2.45) is 0 Å². The maximum Gasteiger partial charge on any atom is 0.194 e. The van der Waals surface area contributed by atoms with Crippen molar-refractivity contribution >= 4 is 28.2 Å². The summed E-state index contributed by atoms with van der Waals surface area (Å²) in [5.41, 5.74) is 2.70. The van der Waals surface area contributed by atoms with Crippen LogP contribution in [0.2, 0.25) is 0 Å². The van der Waals surface area contributed by atoms with Gasteiger partial charge in [0.2, 0.25) is 0 Å². The Labute approximate surface area is 170 Å². The molecule has 0 atom stereocenters. The Hall–Kier alpha value is -3.45. The van der Waals surface area contributed by atoms with E-state index in [-0.39, 0.29) is 11.6 Å². The van der Waals surface area contributed by atoms with E-state index in [9.17, 15) is 9.18 Å². The monoisotopic (exact) mass is 408 g/mol. The van der Waals surface area contributed by atoms with Gasteiger partial charge in [-0.05, 0) is 54.6 Å². The molecule has 146 valence electrons. The number of ketones is 1. The first-order valence-electron chi connectivity index (χ1n) is 8.76. The summed E-state index contributed by atoms with van der Waals surface area (Å²) in [6, 6.07) is 11.2. The molecule has 0 fully saturated rings. The zero-order valence-corrected chi connectivity index (χ0v) is 16.6. The lowest BCUT2D eigenvalue weighted by molar-refractivity contribution is 0.104. The number of hydrogen-bond acceptors (Lipinski definition) is 5. The van der Waals surface area contributed by atoms with Gasteiger partial charge in [0.1, 0.15) is 5.82 Å². The molecule has 0 aliphatic rings. The van der Waals surface area contributed by atoms with Crippen LogP contribution >= 0.6 is 11.3 Å². The molecule has 0 aliphatic heterocycles. The summed E-state index contributed by atoms with van der Waals surface area (Å²) < 4.78 is 25.7. The van der Waals surface area contributed by atoms with Crippen molar-refractivity contribution in [1.29, 1.82) is 0 Å². The lowest BCUT2D eigenvalue weighted by atomic mass is 10.1. The molecule has 5 nitrogen and oxygen atoms in total. The zero-order valence-electron chi connectivity index (χ0n) is 15.8. The van der Waals surface area contributed by atoms with Crippen LogP contribution in [0.4, 0.5) is 4.39 Å². The van der Waals surface area contributed by atoms with Crippen molar-refractivity contribution in [2.75, 3.05) is 14.2 Å². The van der Waals surface area contributed by atoms with Gasteiger partial charge in [-0.25, -0.2) is 9.37 Å². The molecule has 4 rings (SSSR count). The lowest BCUT2D eigenvalue weighted by Gasteiger charge is -2.08. The number of imidazole rings is 1. The molecule has 0 bridgehead atoms. The number of carbonyl (C=O) groups excluding carboxylic acids is 1. The molecule has 0 saturated carbocycles. The fourth-order valence-electron chi connectivity index (χ4n) is 3.02. The van der Waals surface area contributed by atoms with E-state index in [4.69, 9.17) is 9.47 Å². The molecule has 0 unspecified atom stereocenters. The van der Waals surface area contributed by atoms with Crippen LogP contribution in [0.3, 0.4) is 0 Å². The molecule has 4 aromatic rings. The minimum atomic E-state index is -0.310. The van der Waals surface area contributed by atoms with Gasteiger partial charge >= 0.3 is 0 Å². The Morgan fingerprint density at radius 3 is 2.59 bits per heavy atom. The fourth-order valence-corrected chi connectivity index (χ4v) is 3.74. The Morgan fingerprint density at radius 1 is 1.10 bits per heavy atom. The van der Waals surface area contributed by atoms with Gasteiger partial charge in [0.05, 0.1) is 25.6 Å². The summed E-state index contributed by atoms with van der Waals surface area (Å²) in [5.74, 6) is 0.558. The molecule has 7 heteroatoms. The summed E-state index contributed by atoms with van der Waals surface area (Å²) in [4.78, 5) is 18.1. The van der Waals surface area contributed by atoms with E-state index in [1.54, 1.807) is 43.5 Å². The average molecular weight is 408 g/mol. The molecule has 29 heavy (non-hydrogen) atoms. The average Bonchev–Trinajstić information content (AvgIpc) is 3.33. The highest BCUT2D eigenvalue weighted by Gasteiger charge is 2.14. The number of allylic oxidation sites excluding steroid dienone is 1. The molecular weight excluding hydrogens is 391 g/mol. The van der Waals surface area contributed by atoms with Gasteiger partial charge in [0.25, 0.3) is 0 Å². The summed E-state index contributed by atoms with van der Waals surface area (Å²) in [6.45, 7) is 0. The van der Waals surface area contributed by atoms with E-state index in [1.165, 1.54) is 36.7 Å². The van der Waals surface area contributed by atoms with Crippen LogP contribution in [-0.2, 0) is 0 Å². The predicted molar refractivity (Wildman–Crippen MR) is 111 cm³/mol. The predicted octanol–water partition coefficient (Wildman–Crippen LogP) is 5.12. The second-order valence-corrected chi connectivity index (χ2v) is 7.05. The molecule has 2 aromatic carbocycles. The number of rotatable bonds is 6. The van der Waals surface area contributed by atoms with Gasteiger partial charge in [0.15, 0.2) is 22.2 Å². The molecule has 0 saturated heterocycles. The van der Waals surface area contributed by atoms with Crippen molar-refractivity contribution in [1.82, 2.24) is 9.38 Å². The van der Waals surface area contributed by atoms with Crippen molar-refractivity contribution < 1.29 is 18.7 Å². The van der Waals surface area contributed by atoms with Gasteiger partial charge in [-0.3, -0.25) is 9.20 Å². The summed E-state index contributed by atoms with van der Waals surface area (Å²) >= 11 is 1.49. The topological polar surface area (TPSA) is 52.8 Å². The van der Waals surface area contributed by atoms with E-state index >= 15 is 0 Å². The third-order valence-corrected chi connectivity index (χ3v) is 5.23. The number of hydrogen-bond donors (Lipinski definition) is 0. The van der Waals surface area contributed by atoms with Crippen LogP contribution in [0.1, 0.15) is 16.1 Å². The van der Waals surface area contributed by atoms with Crippen molar-refractivity contribution in [3.8, 4) is 22.8 Å². The summed E-state index contributed by atoms with van der Waals surface area (Å²) in [7, 11) is 3.07. The number of ether oxygens (including phenoxy) is 2. The lowest BCUT2D eigenvalue weighted by Crippen LogP contribution is -1.97. The van der Waals surface area contributed by atoms with Gasteiger partial charge < -0.3 is 9.47 Å². The smallest absolute Gasteiger partial charge is 0.194 e. The first kappa shape index (κ1) is 18.9. The largest absolute Gasteiger partial charge is 0.493 e. The number of nitrogens with zero attached hydrogens (tertiary/aromatic N) is 2. The molecule has 0 radical (unpaired) electrons. The molecule has 2 aromatic heterocycles. The van der Waals surface area contributed by atoms with Gasteiger partial charge in [-0.2, -0.15) is 0 Å². The zero-order chi connectivity index (χ0) is 20.4. The number of carbonyl (C=O) groups is 1. The molecule has 0 amide bonds. The number of fused-ring (bicyclic) bond motifs is 1. The SMILES string of the molecule is COc1ccc(C(=O)C=Cc2c(-c3ccc(F)cc3)nc3sccn23)cc1OC. The number of thiazole rings is 1. The first-order chi connectivity index (χ1) is 14.1. The van der Waals surface area contributed by atoms with Crippen LogP contribution in [0.5, 0.6) is 11.5 Å². The minimum absolute atomic E-state index is 0.179. The Morgan fingerprint density at radius 2 is 1.86 bits per heavy atom. The van der Waals surface area contributed by atoms with Crippen LogP contribution in [0.15, 0.2) is 60.1 Å². The normalized spacial score (nSPS) is 11.3. The maximum atomic E-state index is 13.3. The van der Waals surface area contributed by atoms with Crippen molar-refractivity contribution in [3.63, 3.8) is 0 Å².